The summed E-state index contributed by atoms with van der Waals surface area (Å²) in [5.74, 6) is 2.24. The van der Waals surface area contributed by atoms with Crippen molar-refractivity contribution in [3.05, 3.63) is 35.9 Å². The molecule has 1 aliphatic rings. The Bertz CT molecular complexity index is 350. The van der Waals surface area contributed by atoms with Crippen LogP contribution in [0, 0.1) is 0 Å². The fraction of sp³-hybridized carbons (Fsp3) is 0.538. The summed E-state index contributed by atoms with van der Waals surface area (Å²) in [6.07, 6.45) is 0.768. The van der Waals surface area contributed by atoms with Crippen molar-refractivity contribution in [2.45, 2.75) is 16.7 Å². The maximum absolute atomic E-state index is 10.5. The van der Waals surface area contributed by atoms with Crippen LogP contribution in [0.3, 0.4) is 0 Å². The Morgan fingerprint density at radius 2 is 1.76 bits per heavy atom. The van der Waals surface area contributed by atoms with Gasteiger partial charge in [0, 0.05) is 0 Å². The largest absolute Gasteiger partial charge is 0.376 e. The summed E-state index contributed by atoms with van der Waals surface area (Å²) in [6.45, 7) is 0. The molecule has 1 saturated heterocycles. The first-order chi connectivity index (χ1) is 8.17. The molecule has 1 aliphatic heterocycles. The minimum absolute atomic E-state index is 0.233. The highest BCUT2D eigenvalue weighted by molar-refractivity contribution is 8.18. The first kappa shape index (κ1) is 13.3. The zero-order valence-electron chi connectivity index (χ0n) is 10.3. The van der Waals surface area contributed by atoms with Crippen LogP contribution in [0.4, 0.5) is 0 Å². The molecule has 0 bridgehead atoms. The van der Waals surface area contributed by atoms with Crippen molar-refractivity contribution >= 4 is 23.5 Å². The average molecular weight is 269 g/mol. The van der Waals surface area contributed by atoms with E-state index in [0.717, 1.165) is 11.5 Å². The zero-order chi connectivity index (χ0) is 12.3. The Labute approximate surface area is 112 Å². The number of thioether (sulfide) groups is 2. The molecule has 0 radical (unpaired) electrons. The van der Waals surface area contributed by atoms with Crippen molar-refractivity contribution in [2.24, 2.45) is 0 Å². The smallest absolute Gasteiger partial charge is 0.135 e. The van der Waals surface area contributed by atoms with Crippen molar-refractivity contribution < 1.29 is 5.11 Å². The average Bonchev–Trinajstić information content (AvgIpc) is 2.39. The van der Waals surface area contributed by atoms with E-state index >= 15 is 0 Å². The lowest BCUT2D eigenvalue weighted by Gasteiger charge is -2.42. The first-order valence-corrected chi connectivity index (χ1v) is 7.82. The summed E-state index contributed by atoms with van der Waals surface area (Å²) in [6, 6.07) is 10.4. The molecule has 0 spiro atoms. The second-order valence-corrected chi connectivity index (χ2v) is 7.36. The summed E-state index contributed by atoms with van der Waals surface area (Å²) >= 11 is 3.74. The number of hydrogen-bond acceptors (Lipinski definition) is 4. The van der Waals surface area contributed by atoms with E-state index < -0.39 is 6.23 Å². The number of likely N-dealkylation sites (N-methyl/N-ethyl adjacent to an activating group) is 1. The molecule has 2 nitrogen and oxygen atoms in total. The van der Waals surface area contributed by atoms with Crippen LogP contribution >= 0.6 is 23.5 Å². The van der Waals surface area contributed by atoms with E-state index in [1.165, 1.54) is 12.0 Å². The van der Waals surface area contributed by atoms with Crippen LogP contribution in [0.25, 0.3) is 0 Å². The molecule has 1 N–H and O–H groups in total. The quantitative estimate of drug-likeness (QED) is 0.852. The van der Waals surface area contributed by atoms with Crippen LogP contribution in [0.2, 0.25) is 0 Å². The summed E-state index contributed by atoms with van der Waals surface area (Å²) < 4.78 is -0.233. The lowest BCUT2D eigenvalue weighted by molar-refractivity contribution is 0.0293. The highest BCUT2D eigenvalue weighted by Gasteiger charge is 2.43. The van der Waals surface area contributed by atoms with Crippen molar-refractivity contribution in [3.63, 3.8) is 0 Å². The van der Waals surface area contributed by atoms with Gasteiger partial charge in [-0.15, -0.1) is 23.5 Å². The zero-order valence-corrected chi connectivity index (χ0v) is 11.9. The fourth-order valence-corrected chi connectivity index (χ4v) is 5.55. The van der Waals surface area contributed by atoms with Gasteiger partial charge in [-0.25, -0.2) is 0 Å². The molecule has 1 atom stereocenters. The molecule has 0 amide bonds. The predicted octanol–water partition coefficient (Wildman–Crippen LogP) is 2.59. The molecule has 0 aromatic heterocycles. The van der Waals surface area contributed by atoms with Gasteiger partial charge in [-0.2, -0.15) is 0 Å². The third-order valence-corrected chi connectivity index (χ3v) is 6.37. The van der Waals surface area contributed by atoms with E-state index in [9.17, 15) is 5.11 Å². The Hall–Kier alpha value is -0.160. The van der Waals surface area contributed by atoms with Crippen molar-refractivity contribution in [2.75, 3.05) is 25.6 Å². The van der Waals surface area contributed by atoms with E-state index in [4.69, 9.17) is 0 Å². The van der Waals surface area contributed by atoms with Crippen LogP contribution < -0.4 is 0 Å². The van der Waals surface area contributed by atoms with Crippen LogP contribution in [0.1, 0.15) is 12.0 Å². The van der Waals surface area contributed by atoms with Gasteiger partial charge >= 0.3 is 0 Å². The fourth-order valence-electron chi connectivity index (χ4n) is 2.02. The van der Waals surface area contributed by atoms with Gasteiger partial charge in [0.15, 0.2) is 0 Å². The lowest BCUT2D eigenvalue weighted by Crippen LogP contribution is -2.45. The number of hydrogen-bond donors (Lipinski definition) is 1. The normalized spacial score (nSPS) is 21.4. The Balaban J connectivity index is 2.36. The number of nitrogens with zero attached hydrogens (tertiary/aromatic N) is 1. The Morgan fingerprint density at radius 1 is 1.18 bits per heavy atom. The summed E-state index contributed by atoms with van der Waals surface area (Å²) in [5, 5.41) is 10.5. The monoisotopic (exact) mass is 269 g/mol. The van der Waals surface area contributed by atoms with Gasteiger partial charge < -0.3 is 5.11 Å². The summed E-state index contributed by atoms with van der Waals surface area (Å²) in [7, 11) is 3.87. The molecule has 1 aromatic carbocycles. The van der Waals surface area contributed by atoms with Crippen molar-refractivity contribution in [1.29, 1.82) is 0 Å². The summed E-state index contributed by atoms with van der Waals surface area (Å²) in [5.41, 5.74) is 1.22. The van der Waals surface area contributed by atoms with Gasteiger partial charge in [-0.1, -0.05) is 30.3 Å². The van der Waals surface area contributed by atoms with E-state index in [1.807, 2.05) is 48.6 Å². The molecule has 1 aromatic rings. The van der Waals surface area contributed by atoms with Crippen LogP contribution in [-0.4, -0.2) is 41.8 Å². The van der Waals surface area contributed by atoms with Gasteiger partial charge in [-0.3, -0.25) is 4.90 Å². The molecule has 0 aliphatic carbocycles. The molecule has 0 saturated carbocycles. The van der Waals surface area contributed by atoms with Gasteiger partial charge in [0.1, 0.15) is 10.3 Å². The molecular weight excluding hydrogens is 250 g/mol. The third kappa shape index (κ3) is 2.65. The number of benzene rings is 1. The molecule has 94 valence electrons. The number of aliphatic hydroxyl groups is 1. The SMILES string of the molecule is CN(C)C(O)C1(c2ccccc2)SCCCS1. The Kier molecular flexibility index (Phi) is 4.42. The highest BCUT2D eigenvalue weighted by Crippen LogP contribution is 2.52. The lowest BCUT2D eigenvalue weighted by atomic mass is 10.1. The molecule has 1 fully saturated rings. The first-order valence-electron chi connectivity index (χ1n) is 5.85. The molecular formula is C13H19NOS2. The van der Waals surface area contributed by atoms with E-state index in [2.05, 4.69) is 24.3 Å². The van der Waals surface area contributed by atoms with E-state index in [0.29, 0.717) is 0 Å². The minimum Gasteiger partial charge on any atom is -0.376 e. The predicted molar refractivity (Wildman–Crippen MR) is 77.3 cm³/mol. The summed E-state index contributed by atoms with van der Waals surface area (Å²) in [4.78, 5) is 1.90. The third-order valence-electron chi connectivity index (χ3n) is 2.93. The maximum atomic E-state index is 10.5. The molecule has 2 rings (SSSR count). The Morgan fingerprint density at radius 3 is 2.29 bits per heavy atom. The van der Waals surface area contributed by atoms with Gasteiger partial charge in [0.2, 0.25) is 0 Å². The number of rotatable bonds is 3. The van der Waals surface area contributed by atoms with Crippen LogP contribution in [-0.2, 0) is 4.08 Å². The standard InChI is InChI=1S/C13H19NOS2/c1-14(2)12(15)13(16-9-6-10-17-13)11-7-4-3-5-8-11/h3-5,7-8,12,15H,6,9-10H2,1-2H3. The van der Waals surface area contributed by atoms with E-state index in [-0.39, 0.29) is 4.08 Å². The van der Waals surface area contributed by atoms with Crippen molar-refractivity contribution in [1.82, 2.24) is 4.90 Å². The maximum Gasteiger partial charge on any atom is 0.135 e. The second-order valence-electron chi connectivity index (χ2n) is 4.42. The number of aliphatic hydroxyl groups excluding tert-OH is 1. The van der Waals surface area contributed by atoms with Crippen molar-refractivity contribution in [3.8, 4) is 0 Å². The van der Waals surface area contributed by atoms with E-state index in [1.54, 1.807) is 0 Å². The highest BCUT2D eigenvalue weighted by atomic mass is 32.2. The molecule has 1 unspecified atom stereocenters. The molecule has 17 heavy (non-hydrogen) atoms. The second kappa shape index (κ2) is 5.65. The van der Waals surface area contributed by atoms with Gasteiger partial charge in [0.05, 0.1) is 0 Å². The van der Waals surface area contributed by atoms with Gasteiger partial charge in [0.25, 0.3) is 0 Å². The van der Waals surface area contributed by atoms with Crippen LogP contribution in [0.5, 0.6) is 0 Å². The molecule has 1 heterocycles. The van der Waals surface area contributed by atoms with Gasteiger partial charge in [-0.05, 0) is 37.6 Å². The minimum atomic E-state index is -0.458. The molecule has 4 heteroatoms. The topological polar surface area (TPSA) is 23.5 Å². The van der Waals surface area contributed by atoms with Crippen LogP contribution in [0.15, 0.2) is 30.3 Å².